The van der Waals surface area contributed by atoms with Crippen LogP contribution < -0.4 is 5.56 Å². The van der Waals surface area contributed by atoms with Crippen molar-refractivity contribution in [2.24, 2.45) is 5.92 Å². The lowest BCUT2D eigenvalue weighted by Crippen LogP contribution is -2.42. The van der Waals surface area contributed by atoms with Crippen LogP contribution in [0.25, 0.3) is 21.8 Å². The van der Waals surface area contributed by atoms with Gasteiger partial charge in [-0.2, -0.15) is 5.10 Å². The van der Waals surface area contributed by atoms with Gasteiger partial charge in [0.1, 0.15) is 0 Å². The zero-order valence-corrected chi connectivity index (χ0v) is 24.3. The molecule has 1 atom stereocenters. The third-order valence-electron chi connectivity index (χ3n) is 8.98. The Kier molecular flexibility index (Phi) is 7.18. The van der Waals surface area contributed by atoms with Gasteiger partial charge in [-0.1, -0.05) is 29.8 Å². The zero-order valence-electron chi connectivity index (χ0n) is 23.6. The van der Waals surface area contributed by atoms with Gasteiger partial charge < -0.3 is 14.8 Å². The number of aromatic nitrogens is 4. The average molecular weight is 595 g/mol. The largest absolute Gasteiger partial charge is 0.343 e. The van der Waals surface area contributed by atoms with E-state index in [9.17, 15) is 14.4 Å². The number of para-hydroxylation sites is 1. The first kappa shape index (κ1) is 27.3. The van der Waals surface area contributed by atoms with Crippen molar-refractivity contribution < 1.29 is 9.59 Å². The lowest BCUT2D eigenvalue weighted by atomic mass is 9.88. The lowest BCUT2D eigenvalue weighted by molar-refractivity contribution is -0.142. The maximum Gasteiger partial charge on any atom is 0.251 e. The minimum atomic E-state index is -0.517. The number of benzene rings is 2. The van der Waals surface area contributed by atoms with Crippen LogP contribution in [0.2, 0.25) is 5.02 Å². The van der Waals surface area contributed by atoms with Crippen molar-refractivity contribution in [3.8, 4) is 0 Å². The van der Waals surface area contributed by atoms with Crippen molar-refractivity contribution >= 4 is 45.2 Å². The van der Waals surface area contributed by atoms with Crippen molar-refractivity contribution in [2.45, 2.75) is 44.7 Å². The van der Waals surface area contributed by atoms with Crippen LogP contribution in [-0.2, 0) is 29.1 Å². The number of pyridine rings is 2. The zero-order chi connectivity index (χ0) is 29.5. The van der Waals surface area contributed by atoms with Gasteiger partial charge in [0.25, 0.3) is 5.56 Å². The van der Waals surface area contributed by atoms with Crippen LogP contribution in [-0.4, -0.2) is 54.9 Å². The number of hydrogen-bond donors (Lipinski definition) is 2. The second-order valence-electron chi connectivity index (χ2n) is 11.6. The lowest BCUT2D eigenvalue weighted by Gasteiger charge is -2.33. The summed E-state index contributed by atoms with van der Waals surface area (Å²) in [5.41, 5.74) is 5.23. The molecule has 0 radical (unpaired) electrons. The van der Waals surface area contributed by atoms with Gasteiger partial charge in [0, 0.05) is 61.5 Å². The molecule has 2 aliphatic heterocycles. The number of likely N-dealkylation sites (tertiary alicyclic amines) is 1. The second kappa shape index (κ2) is 11.3. The van der Waals surface area contributed by atoms with Crippen LogP contribution in [0.1, 0.15) is 47.4 Å². The highest BCUT2D eigenvalue weighted by molar-refractivity contribution is 6.35. The summed E-state index contributed by atoms with van der Waals surface area (Å²) in [7, 11) is 0. The predicted octanol–water partition coefficient (Wildman–Crippen LogP) is 4.95. The number of fused-ring (bicyclic) bond motifs is 4. The molecule has 1 saturated heterocycles. The Morgan fingerprint density at radius 2 is 1.84 bits per heavy atom. The molecule has 5 heterocycles. The summed E-state index contributed by atoms with van der Waals surface area (Å²) in [6.45, 7) is 1.92. The number of amides is 2. The summed E-state index contributed by atoms with van der Waals surface area (Å²) in [6.07, 6.45) is 7.15. The van der Waals surface area contributed by atoms with E-state index in [0.717, 1.165) is 44.1 Å². The highest BCUT2D eigenvalue weighted by Gasteiger charge is 2.35. The number of carbonyl (C=O) groups is 2. The van der Waals surface area contributed by atoms with Gasteiger partial charge in [0.2, 0.25) is 11.8 Å². The monoisotopic (exact) mass is 594 g/mol. The summed E-state index contributed by atoms with van der Waals surface area (Å²) >= 11 is 6.60. The third kappa shape index (κ3) is 5.29. The number of halogens is 1. The molecule has 3 aromatic heterocycles. The van der Waals surface area contributed by atoms with Crippen LogP contribution in [0.4, 0.5) is 0 Å². The fourth-order valence-electron chi connectivity index (χ4n) is 6.68. The van der Waals surface area contributed by atoms with E-state index in [0.29, 0.717) is 50.5 Å². The molecule has 9 nitrogen and oxygen atoms in total. The Balaban J connectivity index is 1.10. The van der Waals surface area contributed by atoms with E-state index in [4.69, 9.17) is 11.6 Å². The van der Waals surface area contributed by atoms with Gasteiger partial charge in [-0.25, -0.2) is 0 Å². The molecule has 0 spiro atoms. The van der Waals surface area contributed by atoms with Gasteiger partial charge in [-0.15, -0.1) is 0 Å². The highest BCUT2D eigenvalue weighted by Crippen LogP contribution is 2.35. The quantitative estimate of drug-likeness (QED) is 0.299. The number of carbonyl (C=O) groups excluding carboxylic acids is 2. The fraction of sp³-hybridized carbons (Fsp3) is 0.303. The van der Waals surface area contributed by atoms with Crippen molar-refractivity contribution in [1.82, 2.24) is 30.0 Å². The molecule has 2 N–H and O–H groups in total. The molecule has 0 bridgehead atoms. The molecule has 0 aliphatic carbocycles. The summed E-state index contributed by atoms with van der Waals surface area (Å²) in [5.74, 6) is -0.519. The summed E-state index contributed by atoms with van der Waals surface area (Å²) in [6, 6.07) is 15.5. The number of nitrogens with one attached hydrogen (secondary N) is 2. The second-order valence-corrected chi connectivity index (χ2v) is 12.0. The summed E-state index contributed by atoms with van der Waals surface area (Å²) < 4.78 is 0. The van der Waals surface area contributed by atoms with E-state index >= 15 is 0 Å². The van der Waals surface area contributed by atoms with Gasteiger partial charge >= 0.3 is 0 Å². The molecule has 7 rings (SSSR count). The standard InChI is InChI=1S/C33H31ClN6O3/c34-28-15-23-13-24(33(43)40(18-20-5-9-35-10-6-20)19-27(23)26-17-36-38-31(26)28)16-30(41)39-11-7-21(8-12-39)25-14-22-3-1-2-4-29(22)37-32(25)42/h1-6,9-10,14-15,17,21,24H,7-8,11-13,16,18-19H2,(H,36,38)(H,37,42)/t24-/m0/s1. The van der Waals surface area contributed by atoms with Crippen molar-refractivity contribution in [2.75, 3.05) is 13.1 Å². The molecule has 2 aliphatic rings. The van der Waals surface area contributed by atoms with Gasteiger partial charge in [-0.05, 0) is 77.6 Å². The Labute approximate surface area is 252 Å². The van der Waals surface area contributed by atoms with E-state index in [-0.39, 0.29) is 29.7 Å². The number of H-pyrrole nitrogens is 2. The SMILES string of the molecule is O=C(C[C@@H]1Cc2cc(Cl)c3[nH]ncc3c2CN(Cc2ccncc2)C1=O)N1CCC(c2cc3ccccc3[nH]c2=O)CC1. The minimum absolute atomic E-state index is 0.0352. The molecule has 218 valence electrons. The average Bonchev–Trinajstić information content (AvgIpc) is 3.49. The van der Waals surface area contributed by atoms with Gasteiger partial charge in [0.05, 0.1) is 22.7 Å². The predicted molar refractivity (Wildman–Crippen MR) is 165 cm³/mol. The van der Waals surface area contributed by atoms with E-state index in [1.807, 2.05) is 58.3 Å². The Morgan fingerprint density at radius 1 is 1.05 bits per heavy atom. The molecular formula is C33H31ClN6O3. The fourth-order valence-corrected chi connectivity index (χ4v) is 6.96. The first-order valence-corrected chi connectivity index (χ1v) is 15.0. The molecule has 2 amide bonds. The number of hydrogen-bond acceptors (Lipinski definition) is 5. The molecule has 43 heavy (non-hydrogen) atoms. The van der Waals surface area contributed by atoms with Crippen molar-refractivity contribution in [3.63, 3.8) is 0 Å². The van der Waals surface area contributed by atoms with Crippen molar-refractivity contribution in [1.29, 1.82) is 0 Å². The maximum atomic E-state index is 14.0. The molecule has 5 aromatic rings. The Hall–Kier alpha value is -4.50. The topological polar surface area (TPSA) is 115 Å². The van der Waals surface area contributed by atoms with Crippen LogP contribution in [0.5, 0.6) is 0 Å². The van der Waals surface area contributed by atoms with E-state index in [1.54, 1.807) is 18.6 Å². The van der Waals surface area contributed by atoms with Crippen LogP contribution in [0.3, 0.4) is 0 Å². The third-order valence-corrected chi connectivity index (χ3v) is 9.28. The summed E-state index contributed by atoms with van der Waals surface area (Å²) in [4.78, 5) is 51.3. The number of nitrogens with zero attached hydrogens (tertiary/aromatic N) is 4. The number of piperidine rings is 1. The van der Waals surface area contributed by atoms with E-state index < -0.39 is 5.92 Å². The first-order chi connectivity index (χ1) is 20.9. The number of aromatic amines is 2. The molecule has 2 aromatic carbocycles. The Morgan fingerprint density at radius 3 is 2.65 bits per heavy atom. The minimum Gasteiger partial charge on any atom is -0.343 e. The van der Waals surface area contributed by atoms with Crippen molar-refractivity contribution in [3.05, 3.63) is 105 Å². The highest BCUT2D eigenvalue weighted by atomic mass is 35.5. The molecule has 0 unspecified atom stereocenters. The smallest absolute Gasteiger partial charge is 0.251 e. The number of rotatable bonds is 5. The van der Waals surface area contributed by atoms with Crippen LogP contribution >= 0.6 is 11.6 Å². The maximum absolute atomic E-state index is 14.0. The normalized spacial score (nSPS) is 17.8. The van der Waals surface area contributed by atoms with Crippen LogP contribution in [0.15, 0.2) is 71.9 Å². The summed E-state index contributed by atoms with van der Waals surface area (Å²) in [5, 5.41) is 9.63. The Bertz CT molecular complexity index is 1890. The molecule has 10 heteroatoms. The molecule has 1 fully saturated rings. The van der Waals surface area contributed by atoms with Gasteiger partial charge in [0.15, 0.2) is 0 Å². The van der Waals surface area contributed by atoms with Gasteiger partial charge in [-0.3, -0.25) is 24.5 Å². The van der Waals surface area contributed by atoms with Crippen LogP contribution in [0, 0.1) is 5.92 Å². The molecular weight excluding hydrogens is 564 g/mol. The van der Waals surface area contributed by atoms with E-state index in [1.165, 1.54) is 0 Å². The molecule has 0 saturated carbocycles. The van der Waals surface area contributed by atoms with E-state index in [2.05, 4.69) is 20.2 Å². The first-order valence-electron chi connectivity index (χ1n) is 14.7.